The molecular formula is C16H15IN2O2S. The van der Waals surface area contributed by atoms with Crippen LogP contribution in [0.5, 0.6) is 5.75 Å². The van der Waals surface area contributed by atoms with Crippen LogP contribution in [-0.2, 0) is 0 Å². The highest BCUT2D eigenvalue weighted by Crippen LogP contribution is 2.21. The van der Waals surface area contributed by atoms with E-state index in [0.717, 1.165) is 9.13 Å². The fourth-order valence-corrected chi connectivity index (χ4v) is 2.68. The smallest absolute Gasteiger partial charge is 0.271 e. The van der Waals surface area contributed by atoms with Gasteiger partial charge >= 0.3 is 0 Å². The predicted octanol–water partition coefficient (Wildman–Crippen LogP) is 3.79. The summed E-state index contributed by atoms with van der Waals surface area (Å²) in [5.41, 5.74) is 3.95. The summed E-state index contributed by atoms with van der Waals surface area (Å²) < 4.78 is 6.16. The molecule has 1 amide bonds. The maximum absolute atomic E-state index is 12.0. The number of hydrogen-bond donors (Lipinski definition) is 1. The number of carbonyl (C=O) groups is 1. The van der Waals surface area contributed by atoms with E-state index in [4.69, 9.17) is 4.74 Å². The largest absolute Gasteiger partial charge is 0.496 e. The summed E-state index contributed by atoms with van der Waals surface area (Å²) in [6.07, 6.45) is 3.64. The molecule has 0 fully saturated rings. The summed E-state index contributed by atoms with van der Waals surface area (Å²) in [5, 5.41) is 3.98. The minimum absolute atomic E-state index is 0.272. The first kappa shape index (κ1) is 16.8. The molecule has 0 aromatic heterocycles. The molecule has 0 heterocycles. The standard InChI is InChI=1S/C16H15IN2O2S/c1-21-15-9-12(5-8-14(15)17)16(20)19-18-10-11-3-6-13(22-2)7-4-11/h3-10H,1-2H3,(H,19,20)/b18-10+. The first-order chi connectivity index (χ1) is 10.6. The fourth-order valence-electron chi connectivity index (χ4n) is 1.72. The van der Waals surface area contributed by atoms with Crippen LogP contribution in [0.4, 0.5) is 0 Å². The van der Waals surface area contributed by atoms with Gasteiger partial charge in [-0.1, -0.05) is 12.1 Å². The van der Waals surface area contributed by atoms with Gasteiger partial charge in [-0.2, -0.15) is 5.10 Å². The second-order valence-corrected chi connectivity index (χ2v) is 6.36. The van der Waals surface area contributed by atoms with E-state index >= 15 is 0 Å². The number of ether oxygens (including phenoxy) is 1. The van der Waals surface area contributed by atoms with E-state index in [0.29, 0.717) is 11.3 Å². The number of carbonyl (C=O) groups excluding carboxylic acids is 1. The van der Waals surface area contributed by atoms with Crippen molar-refractivity contribution in [2.45, 2.75) is 4.90 Å². The quantitative estimate of drug-likeness (QED) is 0.343. The van der Waals surface area contributed by atoms with Crippen LogP contribution < -0.4 is 10.2 Å². The Kier molecular flexibility index (Phi) is 6.26. The van der Waals surface area contributed by atoms with Crippen molar-refractivity contribution in [2.75, 3.05) is 13.4 Å². The van der Waals surface area contributed by atoms with Crippen molar-refractivity contribution < 1.29 is 9.53 Å². The van der Waals surface area contributed by atoms with Crippen LogP contribution in [0.2, 0.25) is 0 Å². The number of methoxy groups -OCH3 is 1. The summed E-state index contributed by atoms with van der Waals surface area (Å²) in [6, 6.07) is 13.2. The van der Waals surface area contributed by atoms with Gasteiger partial charge < -0.3 is 4.74 Å². The Balaban J connectivity index is 2.01. The molecule has 0 aliphatic heterocycles. The van der Waals surface area contributed by atoms with E-state index in [1.165, 1.54) is 4.90 Å². The molecule has 22 heavy (non-hydrogen) atoms. The van der Waals surface area contributed by atoms with E-state index in [9.17, 15) is 4.79 Å². The molecule has 0 radical (unpaired) electrons. The normalized spacial score (nSPS) is 10.7. The fraction of sp³-hybridized carbons (Fsp3) is 0.125. The summed E-state index contributed by atoms with van der Waals surface area (Å²) in [5.74, 6) is 0.400. The van der Waals surface area contributed by atoms with Crippen molar-refractivity contribution in [2.24, 2.45) is 5.10 Å². The molecular weight excluding hydrogens is 411 g/mol. The van der Waals surface area contributed by atoms with E-state index in [1.54, 1.807) is 37.2 Å². The molecule has 0 saturated heterocycles. The molecule has 0 spiro atoms. The Morgan fingerprint density at radius 1 is 1.27 bits per heavy atom. The van der Waals surface area contributed by atoms with Crippen LogP contribution in [0.1, 0.15) is 15.9 Å². The highest BCUT2D eigenvalue weighted by Gasteiger charge is 2.08. The summed E-state index contributed by atoms with van der Waals surface area (Å²) in [7, 11) is 1.58. The van der Waals surface area contributed by atoms with Crippen LogP contribution in [-0.4, -0.2) is 25.5 Å². The number of amides is 1. The lowest BCUT2D eigenvalue weighted by Crippen LogP contribution is -2.17. The van der Waals surface area contributed by atoms with Gasteiger partial charge in [-0.15, -0.1) is 11.8 Å². The number of nitrogens with zero attached hydrogens (tertiary/aromatic N) is 1. The third-order valence-corrected chi connectivity index (χ3v) is 4.54. The molecule has 2 rings (SSSR count). The zero-order chi connectivity index (χ0) is 15.9. The monoisotopic (exact) mass is 426 g/mol. The van der Waals surface area contributed by atoms with E-state index < -0.39 is 0 Å². The van der Waals surface area contributed by atoms with Crippen LogP contribution in [0.3, 0.4) is 0 Å². The van der Waals surface area contributed by atoms with Crippen LogP contribution in [0.25, 0.3) is 0 Å². The Morgan fingerprint density at radius 2 is 2.00 bits per heavy atom. The van der Waals surface area contributed by atoms with E-state index in [2.05, 4.69) is 33.1 Å². The third-order valence-electron chi connectivity index (χ3n) is 2.91. The molecule has 0 bridgehead atoms. The number of hydrazone groups is 1. The molecule has 2 aromatic rings. The van der Waals surface area contributed by atoms with Gasteiger partial charge in [0.05, 0.1) is 16.9 Å². The second-order valence-electron chi connectivity index (χ2n) is 4.32. The van der Waals surface area contributed by atoms with Crippen LogP contribution >= 0.6 is 34.4 Å². The third kappa shape index (κ3) is 4.48. The average molecular weight is 426 g/mol. The van der Waals surface area contributed by atoms with Gasteiger partial charge in [-0.25, -0.2) is 5.43 Å². The maximum atomic E-state index is 12.0. The Hall–Kier alpha value is -1.54. The number of hydrogen-bond acceptors (Lipinski definition) is 4. The van der Waals surface area contributed by atoms with Gasteiger partial charge in [0.2, 0.25) is 0 Å². The van der Waals surface area contributed by atoms with Gasteiger partial charge in [0.15, 0.2) is 0 Å². The van der Waals surface area contributed by atoms with Crippen molar-refractivity contribution in [3.05, 3.63) is 57.2 Å². The van der Waals surface area contributed by atoms with Gasteiger partial charge in [-0.05, 0) is 64.7 Å². The molecule has 0 saturated carbocycles. The second kappa shape index (κ2) is 8.19. The predicted molar refractivity (Wildman–Crippen MR) is 99.0 cm³/mol. The highest BCUT2D eigenvalue weighted by atomic mass is 127. The Morgan fingerprint density at radius 3 is 2.64 bits per heavy atom. The molecule has 4 nitrogen and oxygen atoms in total. The topological polar surface area (TPSA) is 50.7 Å². The highest BCUT2D eigenvalue weighted by molar-refractivity contribution is 14.1. The first-order valence-electron chi connectivity index (χ1n) is 6.45. The molecule has 0 unspecified atom stereocenters. The summed E-state index contributed by atoms with van der Waals surface area (Å²) >= 11 is 3.84. The SMILES string of the molecule is COc1cc(C(=O)N/N=C/c2ccc(SC)cc2)ccc1I. The Bertz CT molecular complexity index is 687. The maximum Gasteiger partial charge on any atom is 0.271 e. The molecule has 0 aliphatic carbocycles. The van der Waals surface area contributed by atoms with Gasteiger partial charge in [0, 0.05) is 10.5 Å². The zero-order valence-corrected chi connectivity index (χ0v) is 15.1. The average Bonchev–Trinajstić information content (AvgIpc) is 2.55. The zero-order valence-electron chi connectivity index (χ0n) is 12.2. The van der Waals surface area contributed by atoms with Crippen LogP contribution in [0.15, 0.2) is 52.5 Å². The van der Waals surface area contributed by atoms with Crippen molar-refractivity contribution in [1.29, 1.82) is 0 Å². The first-order valence-corrected chi connectivity index (χ1v) is 8.75. The van der Waals surface area contributed by atoms with Gasteiger partial charge in [0.1, 0.15) is 5.75 Å². The van der Waals surface area contributed by atoms with Crippen molar-refractivity contribution in [1.82, 2.24) is 5.43 Å². The molecule has 0 atom stereocenters. The Labute approximate surface area is 147 Å². The number of nitrogens with one attached hydrogen (secondary N) is 1. The molecule has 114 valence electrons. The number of halogens is 1. The number of thioether (sulfide) groups is 1. The van der Waals surface area contributed by atoms with E-state index in [-0.39, 0.29) is 5.91 Å². The van der Waals surface area contributed by atoms with Crippen molar-refractivity contribution >= 4 is 46.5 Å². The van der Waals surface area contributed by atoms with E-state index in [1.807, 2.05) is 36.6 Å². The lowest BCUT2D eigenvalue weighted by Gasteiger charge is -2.05. The molecule has 1 N–H and O–H groups in total. The lowest BCUT2D eigenvalue weighted by atomic mass is 10.2. The van der Waals surface area contributed by atoms with Crippen LogP contribution in [0, 0.1) is 3.57 Å². The van der Waals surface area contributed by atoms with Gasteiger partial charge in [0.25, 0.3) is 5.91 Å². The van der Waals surface area contributed by atoms with Crippen molar-refractivity contribution in [3.8, 4) is 5.75 Å². The molecule has 2 aromatic carbocycles. The summed E-state index contributed by atoms with van der Waals surface area (Å²) in [4.78, 5) is 13.2. The molecule has 6 heteroatoms. The minimum Gasteiger partial charge on any atom is -0.496 e. The summed E-state index contributed by atoms with van der Waals surface area (Å²) in [6.45, 7) is 0. The number of benzene rings is 2. The van der Waals surface area contributed by atoms with Crippen molar-refractivity contribution in [3.63, 3.8) is 0 Å². The van der Waals surface area contributed by atoms with Gasteiger partial charge in [-0.3, -0.25) is 4.79 Å². The number of rotatable bonds is 5. The minimum atomic E-state index is -0.272. The lowest BCUT2D eigenvalue weighted by molar-refractivity contribution is 0.0955. The molecule has 0 aliphatic rings.